The Kier molecular flexibility index (Phi) is 4.17. The summed E-state index contributed by atoms with van der Waals surface area (Å²) in [5, 5.41) is 0.278. The number of carbonyl (C=O) groups excluding carboxylic acids is 1. The zero-order valence-corrected chi connectivity index (χ0v) is 11.1. The average Bonchev–Trinajstić information content (AvgIpc) is 2.37. The van der Waals surface area contributed by atoms with Crippen LogP contribution in [0.2, 0.25) is 10.0 Å². The Morgan fingerprint density at radius 2 is 1.79 bits per heavy atom. The van der Waals surface area contributed by atoms with E-state index in [1.165, 1.54) is 24.3 Å². The number of carbonyl (C=O) groups is 1. The monoisotopic (exact) mass is 300 g/mol. The largest absolute Gasteiger partial charge is 0.294 e. The van der Waals surface area contributed by atoms with Gasteiger partial charge in [0.15, 0.2) is 5.78 Å². The topological polar surface area (TPSA) is 17.1 Å². The number of rotatable bonds is 3. The molecule has 0 aliphatic carbocycles. The van der Waals surface area contributed by atoms with Gasteiger partial charge in [0.05, 0.1) is 5.02 Å². The number of Topliss-reactive ketones (excluding diaryl/α,β-unsaturated/α-hetero) is 1. The van der Waals surface area contributed by atoms with Crippen LogP contribution >= 0.6 is 23.2 Å². The molecule has 2 aromatic rings. The second-order valence-corrected chi connectivity index (χ2v) is 4.74. The first-order valence-corrected chi connectivity index (χ1v) is 6.16. The molecule has 0 aliphatic rings. The van der Waals surface area contributed by atoms with Gasteiger partial charge in [0, 0.05) is 22.6 Å². The van der Waals surface area contributed by atoms with E-state index in [9.17, 15) is 13.6 Å². The Balaban J connectivity index is 2.34. The Morgan fingerprint density at radius 1 is 1.05 bits per heavy atom. The van der Waals surface area contributed by atoms with Gasteiger partial charge in [-0.3, -0.25) is 4.79 Å². The lowest BCUT2D eigenvalue weighted by atomic mass is 10.0. The molecular formula is C14H8Cl2F2O. The van der Waals surface area contributed by atoms with Crippen LogP contribution in [0.25, 0.3) is 0 Å². The van der Waals surface area contributed by atoms with Crippen molar-refractivity contribution in [2.24, 2.45) is 0 Å². The van der Waals surface area contributed by atoms with Crippen molar-refractivity contribution in [2.45, 2.75) is 6.42 Å². The van der Waals surface area contributed by atoms with E-state index < -0.39 is 17.4 Å². The minimum atomic E-state index is -0.576. The molecule has 98 valence electrons. The number of halogens is 4. The van der Waals surface area contributed by atoms with Gasteiger partial charge in [0.25, 0.3) is 0 Å². The van der Waals surface area contributed by atoms with Crippen molar-refractivity contribution < 1.29 is 13.6 Å². The molecule has 2 rings (SSSR count). The molecule has 2 aromatic carbocycles. The van der Waals surface area contributed by atoms with Gasteiger partial charge in [0.2, 0.25) is 0 Å². The standard InChI is InChI=1S/C14H8Cl2F2O/c15-11-2-1-3-13(18)9(11)7-14(19)10-6-8(17)4-5-12(10)16/h1-6H,7H2. The summed E-state index contributed by atoms with van der Waals surface area (Å²) < 4.78 is 26.7. The molecule has 0 N–H and O–H groups in total. The van der Waals surface area contributed by atoms with Gasteiger partial charge in [-0.15, -0.1) is 0 Å². The summed E-state index contributed by atoms with van der Waals surface area (Å²) in [7, 11) is 0. The summed E-state index contributed by atoms with van der Waals surface area (Å²) in [6.45, 7) is 0. The number of benzene rings is 2. The molecule has 5 heteroatoms. The number of hydrogen-bond acceptors (Lipinski definition) is 1. The summed E-state index contributed by atoms with van der Waals surface area (Å²) in [6.07, 6.45) is -0.269. The van der Waals surface area contributed by atoms with E-state index in [-0.39, 0.29) is 27.6 Å². The molecule has 0 unspecified atom stereocenters. The van der Waals surface area contributed by atoms with E-state index in [1.807, 2.05) is 0 Å². The molecule has 0 bridgehead atoms. The third kappa shape index (κ3) is 3.11. The van der Waals surface area contributed by atoms with E-state index in [4.69, 9.17) is 23.2 Å². The maximum absolute atomic E-state index is 13.6. The smallest absolute Gasteiger partial charge is 0.169 e. The van der Waals surface area contributed by atoms with Gasteiger partial charge in [-0.2, -0.15) is 0 Å². The molecule has 1 nitrogen and oxygen atoms in total. The molecule has 0 heterocycles. The van der Waals surface area contributed by atoms with Gasteiger partial charge in [-0.05, 0) is 30.3 Å². The first-order valence-electron chi connectivity index (χ1n) is 5.40. The molecule has 0 aromatic heterocycles. The normalized spacial score (nSPS) is 10.5. The molecule has 0 atom stereocenters. The van der Waals surface area contributed by atoms with Crippen molar-refractivity contribution in [3.8, 4) is 0 Å². The molecule has 0 saturated carbocycles. The van der Waals surface area contributed by atoms with Gasteiger partial charge in [-0.25, -0.2) is 8.78 Å². The molecule has 0 radical (unpaired) electrons. The maximum Gasteiger partial charge on any atom is 0.169 e. The van der Waals surface area contributed by atoms with Crippen molar-refractivity contribution in [2.75, 3.05) is 0 Å². The Hall–Kier alpha value is -1.45. The van der Waals surface area contributed by atoms with Crippen LogP contribution in [0.4, 0.5) is 8.78 Å². The quantitative estimate of drug-likeness (QED) is 0.751. The molecule has 0 saturated heterocycles. The fraction of sp³-hybridized carbons (Fsp3) is 0.0714. The lowest BCUT2D eigenvalue weighted by Gasteiger charge is -2.06. The zero-order chi connectivity index (χ0) is 14.0. The third-order valence-corrected chi connectivity index (χ3v) is 3.31. The van der Waals surface area contributed by atoms with E-state index in [0.717, 1.165) is 12.1 Å². The highest BCUT2D eigenvalue weighted by Crippen LogP contribution is 2.23. The molecular weight excluding hydrogens is 293 g/mol. The summed E-state index contributed by atoms with van der Waals surface area (Å²) in [5.74, 6) is -1.64. The SMILES string of the molecule is O=C(Cc1c(F)cccc1Cl)c1cc(F)ccc1Cl. The highest BCUT2D eigenvalue weighted by Gasteiger charge is 2.16. The Bertz CT molecular complexity index is 621. The summed E-state index contributed by atoms with van der Waals surface area (Å²) in [6, 6.07) is 7.60. The van der Waals surface area contributed by atoms with Gasteiger partial charge in [-0.1, -0.05) is 29.3 Å². The predicted octanol–water partition coefficient (Wildman–Crippen LogP) is 4.70. The van der Waals surface area contributed by atoms with E-state index >= 15 is 0 Å². The van der Waals surface area contributed by atoms with Crippen LogP contribution in [-0.4, -0.2) is 5.78 Å². The Morgan fingerprint density at radius 3 is 2.47 bits per heavy atom. The maximum atomic E-state index is 13.6. The lowest BCUT2D eigenvalue weighted by Crippen LogP contribution is -2.07. The van der Waals surface area contributed by atoms with Crippen LogP contribution in [0.3, 0.4) is 0 Å². The molecule has 0 fully saturated rings. The zero-order valence-electron chi connectivity index (χ0n) is 9.59. The van der Waals surface area contributed by atoms with Crippen molar-refractivity contribution in [1.29, 1.82) is 0 Å². The highest BCUT2D eigenvalue weighted by atomic mass is 35.5. The molecule has 0 aliphatic heterocycles. The van der Waals surface area contributed by atoms with Crippen molar-refractivity contribution in [1.82, 2.24) is 0 Å². The molecule has 0 amide bonds. The minimum absolute atomic E-state index is 0.0148. The van der Waals surface area contributed by atoms with Crippen LogP contribution in [0.5, 0.6) is 0 Å². The van der Waals surface area contributed by atoms with E-state index in [1.54, 1.807) is 0 Å². The van der Waals surface area contributed by atoms with Gasteiger partial charge >= 0.3 is 0 Å². The van der Waals surface area contributed by atoms with Gasteiger partial charge in [0.1, 0.15) is 11.6 Å². The fourth-order valence-electron chi connectivity index (χ4n) is 1.67. The average molecular weight is 301 g/mol. The van der Waals surface area contributed by atoms with Crippen LogP contribution in [0, 0.1) is 11.6 Å². The van der Waals surface area contributed by atoms with E-state index in [2.05, 4.69) is 0 Å². The minimum Gasteiger partial charge on any atom is -0.294 e. The molecule has 0 spiro atoms. The molecule has 19 heavy (non-hydrogen) atoms. The number of ketones is 1. The van der Waals surface area contributed by atoms with Crippen molar-refractivity contribution in [3.05, 3.63) is 69.2 Å². The first-order chi connectivity index (χ1) is 8.99. The van der Waals surface area contributed by atoms with Crippen LogP contribution in [0.1, 0.15) is 15.9 Å². The fourth-order valence-corrected chi connectivity index (χ4v) is 2.12. The third-order valence-electron chi connectivity index (χ3n) is 2.63. The van der Waals surface area contributed by atoms with E-state index in [0.29, 0.717) is 0 Å². The van der Waals surface area contributed by atoms with Gasteiger partial charge < -0.3 is 0 Å². The van der Waals surface area contributed by atoms with Crippen LogP contribution < -0.4 is 0 Å². The second-order valence-electron chi connectivity index (χ2n) is 3.92. The summed E-state index contributed by atoms with van der Waals surface area (Å²) in [5.41, 5.74) is 0.0930. The second kappa shape index (κ2) is 5.68. The lowest BCUT2D eigenvalue weighted by molar-refractivity contribution is 0.0991. The van der Waals surface area contributed by atoms with Crippen LogP contribution in [-0.2, 0) is 6.42 Å². The van der Waals surface area contributed by atoms with Crippen LogP contribution in [0.15, 0.2) is 36.4 Å². The predicted molar refractivity (Wildman–Crippen MR) is 70.9 cm³/mol. The number of hydrogen-bond donors (Lipinski definition) is 0. The van der Waals surface area contributed by atoms with Crippen molar-refractivity contribution >= 4 is 29.0 Å². The highest BCUT2D eigenvalue weighted by molar-refractivity contribution is 6.34. The summed E-state index contributed by atoms with van der Waals surface area (Å²) >= 11 is 11.7. The first kappa shape index (κ1) is 14.0. The van der Waals surface area contributed by atoms with Crippen molar-refractivity contribution in [3.63, 3.8) is 0 Å². The summed E-state index contributed by atoms with van der Waals surface area (Å²) in [4.78, 5) is 12.0. The Labute approximate surface area is 118 Å².